The molecule has 0 saturated heterocycles. The van der Waals surface area contributed by atoms with E-state index in [2.05, 4.69) is 15.4 Å². The van der Waals surface area contributed by atoms with Gasteiger partial charge in [-0.2, -0.15) is 0 Å². The van der Waals surface area contributed by atoms with Crippen molar-refractivity contribution in [1.82, 2.24) is 10.0 Å². The van der Waals surface area contributed by atoms with Crippen LogP contribution in [0.2, 0.25) is 0 Å². The Hall–Kier alpha value is -2.13. The third kappa shape index (κ3) is 4.93. The Kier molecular flexibility index (Phi) is 6.38. The number of ether oxygens (including phenoxy) is 1. The zero-order chi connectivity index (χ0) is 18.4. The number of nitrogens with one attached hydrogen (secondary N) is 3. The van der Waals surface area contributed by atoms with Crippen LogP contribution in [0.25, 0.3) is 0 Å². The van der Waals surface area contributed by atoms with E-state index in [4.69, 9.17) is 4.74 Å². The van der Waals surface area contributed by atoms with Gasteiger partial charge in [0.25, 0.3) is 5.91 Å². The molecule has 0 aliphatic carbocycles. The number of carbonyl (C=O) groups is 2. The van der Waals surface area contributed by atoms with Gasteiger partial charge in [-0.05, 0) is 31.0 Å². The second kappa shape index (κ2) is 8.30. The number of hydrogen-bond acceptors (Lipinski definition) is 5. The van der Waals surface area contributed by atoms with Crippen LogP contribution in [0.1, 0.15) is 32.6 Å². The quantitative estimate of drug-likeness (QED) is 0.632. The highest BCUT2D eigenvalue weighted by Gasteiger charge is 2.28. The van der Waals surface area contributed by atoms with Gasteiger partial charge >= 0.3 is 0 Å². The van der Waals surface area contributed by atoms with Crippen LogP contribution >= 0.6 is 0 Å². The molecule has 0 radical (unpaired) electrons. The Morgan fingerprint density at radius 1 is 1.36 bits per heavy atom. The molecule has 1 atom stereocenters. The maximum absolute atomic E-state index is 12.3. The summed E-state index contributed by atoms with van der Waals surface area (Å²) in [4.78, 5) is 23.2. The lowest BCUT2D eigenvalue weighted by Gasteiger charge is -2.26. The molecule has 1 heterocycles. The van der Waals surface area contributed by atoms with E-state index in [-0.39, 0.29) is 29.7 Å². The van der Waals surface area contributed by atoms with E-state index in [1.807, 2.05) is 6.92 Å². The summed E-state index contributed by atoms with van der Waals surface area (Å²) in [6.45, 7) is 2.02. The first-order chi connectivity index (χ1) is 11.9. The number of benzene rings is 1. The molecule has 1 aliphatic rings. The molecule has 25 heavy (non-hydrogen) atoms. The summed E-state index contributed by atoms with van der Waals surface area (Å²) in [5, 5.41) is 5.11. The molecule has 8 nitrogen and oxygen atoms in total. The first kappa shape index (κ1) is 19.2. The van der Waals surface area contributed by atoms with Gasteiger partial charge in [0.15, 0.2) is 6.10 Å². The molecule has 0 saturated carbocycles. The van der Waals surface area contributed by atoms with Gasteiger partial charge in [-0.25, -0.2) is 13.1 Å². The molecule has 2 rings (SSSR count). The van der Waals surface area contributed by atoms with E-state index >= 15 is 0 Å². The van der Waals surface area contributed by atoms with E-state index in [0.717, 1.165) is 12.8 Å². The van der Waals surface area contributed by atoms with Gasteiger partial charge < -0.3 is 15.4 Å². The number of hydrogen-bond donors (Lipinski definition) is 3. The van der Waals surface area contributed by atoms with Gasteiger partial charge in [0.1, 0.15) is 5.75 Å². The lowest BCUT2D eigenvalue weighted by Crippen LogP contribution is -2.37. The average molecular weight is 369 g/mol. The Balaban J connectivity index is 2.09. The summed E-state index contributed by atoms with van der Waals surface area (Å²) in [7, 11) is -2.30. The van der Waals surface area contributed by atoms with E-state index in [9.17, 15) is 18.0 Å². The van der Waals surface area contributed by atoms with Gasteiger partial charge in [-0.1, -0.05) is 13.3 Å². The van der Waals surface area contributed by atoms with Crippen LogP contribution in [-0.2, 0) is 19.6 Å². The van der Waals surface area contributed by atoms with Crippen molar-refractivity contribution in [3.63, 3.8) is 0 Å². The van der Waals surface area contributed by atoms with Gasteiger partial charge in [0.2, 0.25) is 15.9 Å². The minimum Gasteiger partial charge on any atom is -0.478 e. The maximum Gasteiger partial charge on any atom is 0.265 e. The fourth-order valence-corrected chi connectivity index (χ4v) is 3.44. The van der Waals surface area contributed by atoms with Crippen LogP contribution in [0, 0.1) is 0 Å². The number of anilines is 1. The van der Waals surface area contributed by atoms with E-state index in [1.165, 1.54) is 25.2 Å². The molecule has 9 heteroatoms. The smallest absolute Gasteiger partial charge is 0.265 e. The minimum atomic E-state index is -3.78. The minimum absolute atomic E-state index is 0.000866. The number of fused-ring (bicyclic) bond motifs is 1. The third-order valence-corrected chi connectivity index (χ3v) is 5.28. The molecular formula is C16H23N3O5S. The summed E-state index contributed by atoms with van der Waals surface area (Å²) in [6.07, 6.45) is 1.93. The maximum atomic E-state index is 12.3. The molecule has 0 fully saturated rings. The van der Waals surface area contributed by atoms with Crippen molar-refractivity contribution in [2.75, 3.05) is 18.9 Å². The SMILES string of the molecule is CCCCC1Oc2ccc(S(=O)(=O)NCCC(=O)NC)cc2NC1=O. The molecular weight excluding hydrogens is 346 g/mol. The van der Waals surface area contributed by atoms with Crippen molar-refractivity contribution in [1.29, 1.82) is 0 Å². The van der Waals surface area contributed by atoms with Crippen LogP contribution in [0.4, 0.5) is 5.69 Å². The molecule has 0 bridgehead atoms. The number of sulfonamides is 1. The number of rotatable bonds is 8. The topological polar surface area (TPSA) is 114 Å². The largest absolute Gasteiger partial charge is 0.478 e. The predicted octanol–water partition coefficient (Wildman–Crippen LogP) is 0.991. The predicted molar refractivity (Wildman–Crippen MR) is 92.9 cm³/mol. The summed E-state index contributed by atoms with van der Waals surface area (Å²) in [5.41, 5.74) is 0.326. The highest BCUT2D eigenvalue weighted by atomic mass is 32.2. The Labute approximate surface area is 147 Å². The van der Waals surface area contributed by atoms with Gasteiger partial charge in [-0.15, -0.1) is 0 Å². The fraction of sp³-hybridized carbons (Fsp3) is 0.500. The third-order valence-electron chi connectivity index (χ3n) is 3.82. The van der Waals surface area contributed by atoms with Crippen molar-refractivity contribution in [2.45, 2.75) is 43.6 Å². The number of carbonyl (C=O) groups excluding carboxylic acids is 2. The Bertz CT molecular complexity index is 748. The Morgan fingerprint density at radius 3 is 2.80 bits per heavy atom. The molecule has 1 aliphatic heterocycles. The molecule has 1 aromatic carbocycles. The van der Waals surface area contributed by atoms with Crippen molar-refractivity contribution in [2.24, 2.45) is 0 Å². The van der Waals surface area contributed by atoms with Crippen molar-refractivity contribution in [3.8, 4) is 5.75 Å². The zero-order valence-corrected chi connectivity index (χ0v) is 15.1. The second-order valence-electron chi connectivity index (χ2n) is 5.72. The summed E-state index contributed by atoms with van der Waals surface area (Å²) >= 11 is 0. The van der Waals surface area contributed by atoms with E-state index in [1.54, 1.807) is 0 Å². The highest BCUT2D eigenvalue weighted by molar-refractivity contribution is 7.89. The monoisotopic (exact) mass is 369 g/mol. The van der Waals surface area contributed by atoms with Crippen molar-refractivity contribution >= 4 is 27.5 Å². The second-order valence-corrected chi connectivity index (χ2v) is 7.48. The molecule has 2 amide bonds. The highest BCUT2D eigenvalue weighted by Crippen LogP contribution is 2.32. The Morgan fingerprint density at radius 2 is 2.12 bits per heavy atom. The summed E-state index contributed by atoms with van der Waals surface area (Å²) < 4.78 is 32.6. The molecule has 0 aromatic heterocycles. The van der Waals surface area contributed by atoms with Gasteiger partial charge in [0, 0.05) is 20.0 Å². The van der Waals surface area contributed by atoms with E-state index < -0.39 is 16.1 Å². The molecule has 3 N–H and O–H groups in total. The van der Waals surface area contributed by atoms with Crippen LogP contribution < -0.4 is 20.1 Å². The molecule has 1 aromatic rings. The summed E-state index contributed by atoms with van der Waals surface area (Å²) in [5.74, 6) is -0.0833. The summed E-state index contributed by atoms with van der Waals surface area (Å²) in [6, 6.07) is 4.29. The first-order valence-electron chi connectivity index (χ1n) is 8.19. The molecule has 138 valence electrons. The number of amides is 2. The number of unbranched alkanes of at least 4 members (excludes halogenated alkanes) is 1. The molecule has 1 unspecified atom stereocenters. The van der Waals surface area contributed by atoms with Crippen LogP contribution in [-0.4, -0.2) is 39.9 Å². The first-order valence-corrected chi connectivity index (χ1v) is 9.67. The van der Waals surface area contributed by atoms with Gasteiger partial charge in [-0.3, -0.25) is 9.59 Å². The molecule has 0 spiro atoms. The van der Waals surface area contributed by atoms with Crippen molar-refractivity contribution in [3.05, 3.63) is 18.2 Å². The average Bonchev–Trinajstić information content (AvgIpc) is 2.59. The lowest BCUT2D eigenvalue weighted by atomic mass is 10.1. The normalized spacial score (nSPS) is 16.6. The lowest BCUT2D eigenvalue weighted by molar-refractivity contribution is -0.124. The zero-order valence-electron chi connectivity index (χ0n) is 14.3. The van der Waals surface area contributed by atoms with Crippen LogP contribution in [0.15, 0.2) is 23.1 Å². The van der Waals surface area contributed by atoms with E-state index in [0.29, 0.717) is 17.9 Å². The van der Waals surface area contributed by atoms with Crippen LogP contribution in [0.3, 0.4) is 0 Å². The standard InChI is InChI=1S/C16H23N3O5S/c1-3-4-5-14-16(21)19-12-10-11(6-7-13(12)24-14)25(22,23)18-9-8-15(20)17-2/h6-7,10,14,18H,3-5,8-9H2,1-2H3,(H,17,20)(H,19,21). The van der Waals surface area contributed by atoms with Crippen molar-refractivity contribution < 1.29 is 22.7 Å². The van der Waals surface area contributed by atoms with Crippen LogP contribution in [0.5, 0.6) is 5.75 Å². The van der Waals surface area contributed by atoms with Gasteiger partial charge in [0.05, 0.1) is 10.6 Å². The fourth-order valence-electron chi connectivity index (χ4n) is 2.38.